The summed E-state index contributed by atoms with van der Waals surface area (Å²) in [5, 5.41) is 9.39. The van der Waals surface area contributed by atoms with Crippen molar-refractivity contribution in [3.8, 4) is 5.75 Å². The molecule has 1 saturated carbocycles. The normalized spacial score (nSPS) is 32.3. The molecule has 1 amide bonds. The molecule has 0 aromatic heterocycles. The quantitative estimate of drug-likeness (QED) is 0.640. The minimum Gasteiger partial charge on any atom is -0.508 e. The van der Waals surface area contributed by atoms with Gasteiger partial charge in [0.15, 0.2) is 0 Å². The Balaban J connectivity index is 2.24. The third-order valence-corrected chi connectivity index (χ3v) is 3.52. The number of fused-ring (bicyclic) bond motifs is 2. The molecule has 1 aromatic carbocycles. The van der Waals surface area contributed by atoms with E-state index in [9.17, 15) is 9.90 Å². The van der Waals surface area contributed by atoms with Crippen molar-refractivity contribution in [1.29, 1.82) is 0 Å². The van der Waals surface area contributed by atoms with Crippen LogP contribution in [-0.2, 0) is 10.2 Å². The number of nitrogens with zero attached hydrogens (tertiary/aromatic N) is 1. The van der Waals surface area contributed by atoms with E-state index in [0.717, 1.165) is 11.3 Å². The topological polar surface area (TPSA) is 66.6 Å². The number of anilines is 1. The average Bonchev–Trinajstić information content (AvgIpc) is 2.84. The Kier molecular flexibility index (Phi) is 1.36. The van der Waals surface area contributed by atoms with Crippen LogP contribution in [0.25, 0.3) is 0 Å². The molecule has 2 unspecified atom stereocenters. The number of amides is 1. The standard InChI is InChI=1S/C11H12N2O2/c1-13-8-4-6(14)2-3-7(8)11(10(13)15)5-9(11)12/h2-4,9,14H,5,12H2,1H3. The van der Waals surface area contributed by atoms with Gasteiger partial charge in [-0.1, -0.05) is 6.07 Å². The van der Waals surface area contributed by atoms with Crippen LogP contribution in [0.3, 0.4) is 0 Å². The molecular weight excluding hydrogens is 192 g/mol. The number of rotatable bonds is 0. The van der Waals surface area contributed by atoms with E-state index in [1.165, 1.54) is 0 Å². The Morgan fingerprint density at radius 2 is 2.27 bits per heavy atom. The molecule has 0 radical (unpaired) electrons. The third-order valence-electron chi connectivity index (χ3n) is 3.52. The maximum atomic E-state index is 12.0. The van der Waals surface area contributed by atoms with E-state index in [1.807, 2.05) is 0 Å². The maximum absolute atomic E-state index is 12.0. The highest BCUT2D eigenvalue weighted by atomic mass is 16.3. The van der Waals surface area contributed by atoms with Gasteiger partial charge in [0.05, 0.1) is 11.1 Å². The van der Waals surface area contributed by atoms with Crippen LogP contribution in [0.4, 0.5) is 5.69 Å². The molecule has 1 spiro atoms. The fraction of sp³-hybridized carbons (Fsp3) is 0.364. The SMILES string of the molecule is CN1C(=O)C2(CC2N)c2ccc(O)cc21. The van der Waals surface area contributed by atoms with E-state index in [1.54, 1.807) is 30.1 Å². The Labute approximate surface area is 87.3 Å². The van der Waals surface area contributed by atoms with Gasteiger partial charge in [0.2, 0.25) is 5.91 Å². The van der Waals surface area contributed by atoms with Crippen molar-refractivity contribution in [2.75, 3.05) is 11.9 Å². The summed E-state index contributed by atoms with van der Waals surface area (Å²) in [6.07, 6.45) is 0.716. The number of benzene rings is 1. The number of aromatic hydroxyl groups is 1. The summed E-state index contributed by atoms with van der Waals surface area (Å²) in [6.45, 7) is 0. The summed E-state index contributed by atoms with van der Waals surface area (Å²) in [5.41, 5.74) is 7.11. The zero-order chi connectivity index (χ0) is 10.8. The van der Waals surface area contributed by atoms with Crippen LogP contribution in [-0.4, -0.2) is 24.1 Å². The molecule has 15 heavy (non-hydrogen) atoms. The zero-order valence-electron chi connectivity index (χ0n) is 8.40. The van der Waals surface area contributed by atoms with Gasteiger partial charge in [-0.15, -0.1) is 0 Å². The monoisotopic (exact) mass is 204 g/mol. The summed E-state index contributed by atoms with van der Waals surface area (Å²) in [4.78, 5) is 13.6. The fourth-order valence-corrected chi connectivity index (χ4v) is 2.54. The Morgan fingerprint density at radius 3 is 2.87 bits per heavy atom. The largest absolute Gasteiger partial charge is 0.508 e. The molecule has 1 aromatic rings. The minimum atomic E-state index is -0.488. The maximum Gasteiger partial charge on any atom is 0.239 e. The number of hydrogen-bond donors (Lipinski definition) is 2. The van der Waals surface area contributed by atoms with Crippen molar-refractivity contribution in [3.05, 3.63) is 23.8 Å². The van der Waals surface area contributed by atoms with Crippen LogP contribution in [0.2, 0.25) is 0 Å². The molecule has 4 heteroatoms. The molecule has 1 heterocycles. The van der Waals surface area contributed by atoms with E-state index < -0.39 is 5.41 Å². The van der Waals surface area contributed by atoms with Gasteiger partial charge in [0.1, 0.15) is 5.75 Å². The van der Waals surface area contributed by atoms with E-state index >= 15 is 0 Å². The first-order valence-corrected chi connectivity index (χ1v) is 4.94. The summed E-state index contributed by atoms with van der Waals surface area (Å²) in [7, 11) is 1.72. The first-order valence-electron chi connectivity index (χ1n) is 4.94. The minimum absolute atomic E-state index is 0.0515. The molecule has 2 atom stereocenters. The van der Waals surface area contributed by atoms with Gasteiger partial charge in [-0.25, -0.2) is 0 Å². The van der Waals surface area contributed by atoms with Crippen LogP contribution in [0.15, 0.2) is 18.2 Å². The number of phenols is 1. The van der Waals surface area contributed by atoms with E-state index in [2.05, 4.69) is 0 Å². The first kappa shape index (κ1) is 8.73. The van der Waals surface area contributed by atoms with Crippen LogP contribution < -0.4 is 10.6 Å². The summed E-state index contributed by atoms with van der Waals surface area (Å²) in [5.74, 6) is 0.232. The number of hydrogen-bond acceptors (Lipinski definition) is 3. The predicted octanol–water partition coefficient (Wildman–Crippen LogP) is 0.337. The molecular formula is C11H12N2O2. The van der Waals surface area contributed by atoms with Gasteiger partial charge in [-0.05, 0) is 18.1 Å². The van der Waals surface area contributed by atoms with Gasteiger partial charge in [-0.2, -0.15) is 0 Å². The van der Waals surface area contributed by atoms with Crippen molar-refractivity contribution in [2.45, 2.75) is 17.9 Å². The molecule has 3 N–H and O–H groups in total. The lowest BCUT2D eigenvalue weighted by Crippen LogP contribution is -2.32. The molecule has 1 fully saturated rings. The molecule has 3 rings (SSSR count). The lowest BCUT2D eigenvalue weighted by atomic mass is 9.97. The fourth-order valence-electron chi connectivity index (χ4n) is 2.54. The highest BCUT2D eigenvalue weighted by molar-refractivity contribution is 6.11. The van der Waals surface area contributed by atoms with Crippen LogP contribution in [0.5, 0.6) is 5.75 Å². The van der Waals surface area contributed by atoms with Gasteiger partial charge in [0, 0.05) is 19.2 Å². The second kappa shape index (κ2) is 2.33. The summed E-state index contributed by atoms with van der Waals surface area (Å²) in [6, 6.07) is 4.96. The van der Waals surface area contributed by atoms with E-state index in [4.69, 9.17) is 5.73 Å². The summed E-state index contributed by atoms with van der Waals surface area (Å²) < 4.78 is 0. The van der Waals surface area contributed by atoms with Crippen molar-refractivity contribution < 1.29 is 9.90 Å². The van der Waals surface area contributed by atoms with Gasteiger partial charge >= 0.3 is 0 Å². The average molecular weight is 204 g/mol. The second-order valence-corrected chi connectivity index (χ2v) is 4.35. The number of nitrogens with two attached hydrogens (primary N) is 1. The highest BCUT2D eigenvalue weighted by Gasteiger charge is 2.64. The number of likely N-dealkylation sites (N-methyl/N-ethyl adjacent to an activating group) is 1. The van der Waals surface area contributed by atoms with Gasteiger partial charge in [0.25, 0.3) is 0 Å². The predicted molar refractivity (Wildman–Crippen MR) is 55.8 cm³/mol. The van der Waals surface area contributed by atoms with Crippen LogP contribution in [0, 0.1) is 0 Å². The van der Waals surface area contributed by atoms with Crippen molar-refractivity contribution in [2.24, 2.45) is 5.73 Å². The highest BCUT2D eigenvalue weighted by Crippen LogP contribution is 2.56. The molecule has 0 saturated heterocycles. The van der Waals surface area contributed by atoms with E-state index in [-0.39, 0.29) is 17.7 Å². The molecule has 4 nitrogen and oxygen atoms in total. The van der Waals surface area contributed by atoms with E-state index in [0.29, 0.717) is 6.42 Å². The Hall–Kier alpha value is -1.55. The van der Waals surface area contributed by atoms with Crippen molar-refractivity contribution >= 4 is 11.6 Å². The molecule has 1 aliphatic carbocycles. The number of phenolic OH excluding ortho intramolecular Hbond substituents is 1. The van der Waals surface area contributed by atoms with Crippen molar-refractivity contribution in [1.82, 2.24) is 0 Å². The molecule has 1 aliphatic heterocycles. The summed E-state index contributed by atoms with van der Waals surface area (Å²) >= 11 is 0. The molecule has 78 valence electrons. The molecule has 0 bridgehead atoms. The first-order chi connectivity index (χ1) is 7.07. The lowest BCUT2D eigenvalue weighted by Gasteiger charge is -2.10. The molecule has 2 aliphatic rings. The second-order valence-electron chi connectivity index (χ2n) is 4.35. The van der Waals surface area contributed by atoms with Gasteiger partial charge in [-0.3, -0.25) is 4.79 Å². The number of carbonyl (C=O) groups excluding carboxylic acids is 1. The van der Waals surface area contributed by atoms with Crippen LogP contribution in [0.1, 0.15) is 12.0 Å². The Bertz CT molecular complexity index is 472. The Morgan fingerprint density at radius 1 is 1.60 bits per heavy atom. The van der Waals surface area contributed by atoms with Gasteiger partial charge < -0.3 is 15.7 Å². The number of carbonyl (C=O) groups is 1. The third kappa shape index (κ3) is 0.831. The zero-order valence-corrected chi connectivity index (χ0v) is 8.40. The van der Waals surface area contributed by atoms with Crippen LogP contribution >= 0.6 is 0 Å². The smallest absolute Gasteiger partial charge is 0.239 e. The van der Waals surface area contributed by atoms with Crippen molar-refractivity contribution in [3.63, 3.8) is 0 Å². The lowest BCUT2D eigenvalue weighted by molar-refractivity contribution is -0.120.